The van der Waals surface area contributed by atoms with E-state index in [9.17, 15) is 0 Å². The smallest absolute Gasteiger partial charge is 0.143 e. The van der Waals surface area contributed by atoms with Gasteiger partial charge in [0.05, 0.1) is 0 Å². The van der Waals surface area contributed by atoms with E-state index in [4.69, 9.17) is 4.42 Å². The molecule has 0 atom stereocenters. The zero-order valence-corrected chi connectivity index (χ0v) is 18.9. The maximum absolute atomic E-state index is 6.54. The molecule has 6 aromatic carbocycles. The molecule has 0 aliphatic rings. The second-order valence-electron chi connectivity index (χ2n) is 9.04. The highest BCUT2D eigenvalue weighted by Crippen LogP contribution is 2.42. The predicted octanol–water partition coefficient (Wildman–Crippen LogP) is 9.53. The summed E-state index contributed by atoms with van der Waals surface area (Å²) in [7, 11) is 0. The van der Waals surface area contributed by atoms with Gasteiger partial charge in [-0.1, -0.05) is 103 Å². The lowest BCUT2D eigenvalue weighted by atomic mass is 9.94. The van der Waals surface area contributed by atoms with Gasteiger partial charge >= 0.3 is 0 Å². The Hall–Kier alpha value is -4.36. The van der Waals surface area contributed by atoms with Crippen LogP contribution in [0.15, 0.2) is 120 Å². The Morgan fingerprint density at radius 1 is 0.471 bits per heavy atom. The molecule has 7 aromatic rings. The minimum Gasteiger partial charge on any atom is -0.455 e. The van der Waals surface area contributed by atoms with E-state index in [2.05, 4.69) is 122 Å². The van der Waals surface area contributed by atoms with Gasteiger partial charge in [-0.25, -0.2) is 0 Å². The monoisotopic (exact) mass is 434 g/mol. The molecule has 0 aliphatic carbocycles. The summed E-state index contributed by atoms with van der Waals surface area (Å²) in [5, 5.41) is 7.37. The van der Waals surface area contributed by atoms with Gasteiger partial charge < -0.3 is 4.42 Å². The number of furan rings is 1. The third-order valence-electron chi connectivity index (χ3n) is 6.97. The molecule has 0 saturated carbocycles. The molecular weight excluding hydrogens is 412 g/mol. The summed E-state index contributed by atoms with van der Waals surface area (Å²) in [6, 6.07) is 41.3. The first-order chi connectivity index (χ1) is 16.8. The van der Waals surface area contributed by atoms with E-state index in [0.717, 1.165) is 27.9 Å². The summed E-state index contributed by atoms with van der Waals surface area (Å²) in [4.78, 5) is 0. The number of hydrogen-bond acceptors (Lipinski definition) is 1. The van der Waals surface area contributed by atoms with Crippen LogP contribution in [0.5, 0.6) is 0 Å². The molecule has 0 fully saturated rings. The standard InChI is InChI=1S/C33H22O/c1-21-7-6-12-29-31-28-11-5-4-10-27(28)20-30(33(31)34-32(21)29)24-16-13-23(14-17-24)26-18-15-22-8-2-3-9-25(22)19-26/h2-20H,1H3. The van der Waals surface area contributed by atoms with E-state index in [1.54, 1.807) is 0 Å². The first-order valence-electron chi connectivity index (χ1n) is 11.7. The molecule has 0 aliphatic heterocycles. The van der Waals surface area contributed by atoms with Crippen molar-refractivity contribution in [1.82, 2.24) is 0 Å². The number of para-hydroxylation sites is 1. The Kier molecular flexibility index (Phi) is 4.13. The molecule has 1 nitrogen and oxygen atoms in total. The minimum atomic E-state index is 0.960. The Labute approximate surface area is 197 Å². The molecule has 0 amide bonds. The molecule has 0 N–H and O–H groups in total. The Morgan fingerprint density at radius 3 is 2.00 bits per heavy atom. The normalized spacial score (nSPS) is 11.7. The van der Waals surface area contributed by atoms with Gasteiger partial charge in [0.1, 0.15) is 11.2 Å². The molecule has 0 bridgehead atoms. The van der Waals surface area contributed by atoms with Gasteiger partial charge in [-0.2, -0.15) is 0 Å². The summed E-state index contributed by atoms with van der Waals surface area (Å²) in [5.74, 6) is 0. The van der Waals surface area contributed by atoms with Crippen molar-refractivity contribution in [2.75, 3.05) is 0 Å². The molecule has 0 saturated heterocycles. The lowest BCUT2D eigenvalue weighted by Crippen LogP contribution is -1.84. The number of hydrogen-bond donors (Lipinski definition) is 0. The maximum atomic E-state index is 6.54. The molecule has 0 unspecified atom stereocenters. The van der Waals surface area contributed by atoms with E-state index in [0.29, 0.717) is 0 Å². The molecule has 34 heavy (non-hydrogen) atoms. The molecule has 1 aromatic heterocycles. The SMILES string of the molecule is Cc1cccc2c1oc1c(-c3ccc(-c4ccc5ccccc5c4)cc3)cc3ccccc3c12. The molecule has 7 rings (SSSR count). The summed E-state index contributed by atoms with van der Waals surface area (Å²) in [6.07, 6.45) is 0. The van der Waals surface area contributed by atoms with Gasteiger partial charge in [-0.05, 0) is 62.9 Å². The van der Waals surface area contributed by atoms with Crippen LogP contribution < -0.4 is 0 Å². The second-order valence-corrected chi connectivity index (χ2v) is 9.04. The molecule has 0 radical (unpaired) electrons. The molecule has 1 heterocycles. The van der Waals surface area contributed by atoms with Gasteiger partial charge in [0.15, 0.2) is 0 Å². The van der Waals surface area contributed by atoms with Crippen LogP contribution in [0.2, 0.25) is 0 Å². The van der Waals surface area contributed by atoms with Gasteiger partial charge in [-0.3, -0.25) is 0 Å². The van der Waals surface area contributed by atoms with Crippen LogP contribution in [0.1, 0.15) is 5.56 Å². The van der Waals surface area contributed by atoms with Gasteiger partial charge in [0, 0.05) is 16.3 Å². The van der Waals surface area contributed by atoms with Crippen molar-refractivity contribution >= 4 is 43.5 Å². The fraction of sp³-hybridized carbons (Fsp3) is 0.0303. The third kappa shape index (κ3) is 2.87. The average molecular weight is 435 g/mol. The summed E-state index contributed by atoms with van der Waals surface area (Å²) >= 11 is 0. The first-order valence-corrected chi connectivity index (χ1v) is 11.7. The van der Waals surface area contributed by atoms with Crippen LogP contribution in [-0.4, -0.2) is 0 Å². The first kappa shape index (κ1) is 19.1. The van der Waals surface area contributed by atoms with Crippen molar-refractivity contribution in [3.8, 4) is 22.3 Å². The van der Waals surface area contributed by atoms with Crippen LogP contribution in [0, 0.1) is 6.92 Å². The summed E-state index contributed by atoms with van der Waals surface area (Å²) in [6.45, 7) is 2.12. The van der Waals surface area contributed by atoms with E-state index in [-0.39, 0.29) is 0 Å². The minimum absolute atomic E-state index is 0.960. The average Bonchev–Trinajstić information content (AvgIpc) is 3.29. The Bertz CT molecular complexity index is 1850. The highest BCUT2D eigenvalue weighted by Gasteiger charge is 2.17. The van der Waals surface area contributed by atoms with E-state index in [1.807, 2.05) is 0 Å². The number of rotatable bonds is 2. The van der Waals surface area contributed by atoms with Crippen LogP contribution in [-0.2, 0) is 0 Å². The van der Waals surface area contributed by atoms with Crippen LogP contribution >= 0.6 is 0 Å². The van der Waals surface area contributed by atoms with Gasteiger partial charge in [0.25, 0.3) is 0 Å². The topological polar surface area (TPSA) is 13.1 Å². The highest BCUT2D eigenvalue weighted by molar-refractivity contribution is 6.22. The number of benzene rings is 6. The lowest BCUT2D eigenvalue weighted by molar-refractivity contribution is 0.667. The van der Waals surface area contributed by atoms with Gasteiger partial charge in [-0.15, -0.1) is 0 Å². The molecule has 160 valence electrons. The molecule has 0 spiro atoms. The van der Waals surface area contributed by atoms with Crippen molar-refractivity contribution in [1.29, 1.82) is 0 Å². The van der Waals surface area contributed by atoms with Crippen LogP contribution in [0.4, 0.5) is 0 Å². The highest BCUT2D eigenvalue weighted by atomic mass is 16.3. The summed E-state index contributed by atoms with van der Waals surface area (Å²) in [5.41, 5.74) is 7.84. The van der Waals surface area contributed by atoms with Gasteiger partial charge in [0.2, 0.25) is 0 Å². The van der Waals surface area contributed by atoms with Crippen molar-refractivity contribution < 1.29 is 4.42 Å². The van der Waals surface area contributed by atoms with Crippen molar-refractivity contribution in [3.63, 3.8) is 0 Å². The quantitative estimate of drug-likeness (QED) is 0.264. The fourth-order valence-electron chi connectivity index (χ4n) is 5.21. The zero-order chi connectivity index (χ0) is 22.6. The van der Waals surface area contributed by atoms with Crippen molar-refractivity contribution in [2.24, 2.45) is 0 Å². The number of aryl methyl sites for hydroxylation is 1. The van der Waals surface area contributed by atoms with E-state index < -0.39 is 0 Å². The maximum Gasteiger partial charge on any atom is 0.143 e. The van der Waals surface area contributed by atoms with Crippen molar-refractivity contribution in [2.45, 2.75) is 6.92 Å². The van der Waals surface area contributed by atoms with E-state index >= 15 is 0 Å². The molecule has 1 heteroatoms. The van der Waals surface area contributed by atoms with E-state index in [1.165, 1.54) is 43.4 Å². The largest absolute Gasteiger partial charge is 0.455 e. The zero-order valence-electron chi connectivity index (χ0n) is 18.9. The Morgan fingerprint density at radius 2 is 1.15 bits per heavy atom. The third-order valence-corrected chi connectivity index (χ3v) is 6.97. The number of fused-ring (bicyclic) bond motifs is 6. The van der Waals surface area contributed by atoms with Crippen LogP contribution in [0.3, 0.4) is 0 Å². The Balaban J connectivity index is 1.43. The molecular formula is C33H22O. The van der Waals surface area contributed by atoms with Crippen LogP contribution in [0.25, 0.3) is 65.7 Å². The van der Waals surface area contributed by atoms with Crippen molar-refractivity contribution in [3.05, 3.63) is 121 Å². The lowest BCUT2D eigenvalue weighted by Gasteiger charge is -2.09. The predicted molar refractivity (Wildman–Crippen MR) is 144 cm³/mol. The fourth-order valence-corrected chi connectivity index (χ4v) is 5.21. The second kappa shape index (κ2) is 7.33. The summed E-state index contributed by atoms with van der Waals surface area (Å²) < 4.78 is 6.54.